The molecule has 2 aromatic rings. The van der Waals surface area contributed by atoms with Gasteiger partial charge in [-0.05, 0) is 78.5 Å². The molecule has 0 aliphatic heterocycles. The van der Waals surface area contributed by atoms with E-state index in [2.05, 4.69) is 13.0 Å². The first-order valence-electron chi connectivity index (χ1n) is 7.79. The Labute approximate surface area is 126 Å². The van der Waals surface area contributed by atoms with Crippen LogP contribution < -0.4 is 0 Å². The lowest BCUT2D eigenvalue weighted by Crippen LogP contribution is -2.10. The van der Waals surface area contributed by atoms with Gasteiger partial charge in [0.2, 0.25) is 0 Å². The van der Waals surface area contributed by atoms with E-state index in [4.69, 9.17) is 0 Å². The minimum absolute atomic E-state index is 0.325. The number of aryl methyl sites for hydroxylation is 1. The number of phenolic OH excluding ortho intramolecular Hbond substituents is 2. The smallest absolute Gasteiger partial charge is 0.115 e. The van der Waals surface area contributed by atoms with Crippen molar-refractivity contribution in [2.45, 2.75) is 44.4 Å². The molecule has 3 rings (SSSR count). The number of hydrogen-bond acceptors (Lipinski definition) is 2. The largest absolute Gasteiger partial charge is 0.508 e. The van der Waals surface area contributed by atoms with Crippen molar-refractivity contribution in [1.29, 1.82) is 0 Å². The highest BCUT2D eigenvalue weighted by Gasteiger charge is 2.27. The summed E-state index contributed by atoms with van der Waals surface area (Å²) in [6, 6.07) is 13.5. The molecule has 2 atom stereocenters. The van der Waals surface area contributed by atoms with Crippen molar-refractivity contribution < 1.29 is 10.2 Å². The normalized spacial score (nSPS) is 21.6. The monoisotopic (exact) mass is 282 g/mol. The summed E-state index contributed by atoms with van der Waals surface area (Å²) in [6.07, 6.45) is 4.41. The number of fused-ring (bicyclic) bond motifs is 1. The molecule has 2 nitrogen and oxygen atoms in total. The number of hydrogen-bond donors (Lipinski definition) is 2. The molecule has 2 unspecified atom stereocenters. The number of rotatable bonds is 2. The van der Waals surface area contributed by atoms with Crippen molar-refractivity contribution in [2.24, 2.45) is 0 Å². The Kier molecular flexibility index (Phi) is 3.87. The Hall–Kier alpha value is -1.96. The molecule has 2 heteroatoms. The van der Waals surface area contributed by atoms with Crippen molar-refractivity contribution in [2.75, 3.05) is 0 Å². The third-order valence-corrected chi connectivity index (χ3v) is 4.73. The van der Waals surface area contributed by atoms with Gasteiger partial charge in [-0.2, -0.15) is 0 Å². The van der Waals surface area contributed by atoms with E-state index in [-0.39, 0.29) is 0 Å². The van der Waals surface area contributed by atoms with Gasteiger partial charge in [0.1, 0.15) is 11.5 Å². The number of aromatic hydroxyl groups is 2. The van der Waals surface area contributed by atoms with Crippen LogP contribution in [0.1, 0.15) is 54.7 Å². The van der Waals surface area contributed by atoms with E-state index in [0.29, 0.717) is 23.3 Å². The van der Waals surface area contributed by atoms with Crippen molar-refractivity contribution in [3.8, 4) is 11.5 Å². The first kappa shape index (κ1) is 14.0. The Morgan fingerprint density at radius 1 is 1.00 bits per heavy atom. The predicted molar refractivity (Wildman–Crippen MR) is 84.9 cm³/mol. The molecular weight excluding hydrogens is 260 g/mol. The molecule has 0 fully saturated rings. The summed E-state index contributed by atoms with van der Waals surface area (Å²) in [5, 5.41) is 19.2. The van der Waals surface area contributed by atoms with Gasteiger partial charge in [0.05, 0.1) is 0 Å². The Balaban J connectivity index is 2.02. The van der Waals surface area contributed by atoms with Crippen LogP contribution in [0.2, 0.25) is 0 Å². The van der Waals surface area contributed by atoms with Crippen LogP contribution >= 0.6 is 0 Å². The minimum Gasteiger partial charge on any atom is -0.508 e. The second-order valence-corrected chi connectivity index (χ2v) is 5.99. The third-order valence-electron chi connectivity index (χ3n) is 4.73. The summed E-state index contributed by atoms with van der Waals surface area (Å²) in [5.74, 6) is 1.66. The van der Waals surface area contributed by atoms with Gasteiger partial charge in [-0.3, -0.25) is 0 Å². The summed E-state index contributed by atoms with van der Waals surface area (Å²) in [6.45, 7) is 2.24. The van der Waals surface area contributed by atoms with Crippen molar-refractivity contribution >= 4 is 0 Å². The zero-order chi connectivity index (χ0) is 14.8. The molecule has 0 amide bonds. The van der Waals surface area contributed by atoms with E-state index >= 15 is 0 Å². The molecule has 0 aromatic heterocycles. The summed E-state index contributed by atoms with van der Waals surface area (Å²) >= 11 is 0. The highest BCUT2D eigenvalue weighted by Crippen LogP contribution is 2.43. The molecule has 0 heterocycles. The van der Waals surface area contributed by atoms with E-state index in [1.165, 1.54) is 16.7 Å². The lowest BCUT2D eigenvalue weighted by atomic mass is 9.78. The van der Waals surface area contributed by atoms with Crippen LogP contribution in [0.15, 0.2) is 42.5 Å². The van der Waals surface area contributed by atoms with Crippen LogP contribution in [0.5, 0.6) is 11.5 Å². The molecule has 2 N–H and O–H groups in total. The molecule has 0 spiro atoms. The highest BCUT2D eigenvalue weighted by atomic mass is 16.3. The minimum atomic E-state index is 0.325. The Morgan fingerprint density at radius 3 is 2.43 bits per heavy atom. The molecule has 2 aromatic carbocycles. The second-order valence-electron chi connectivity index (χ2n) is 5.99. The molecule has 1 aliphatic carbocycles. The second kappa shape index (κ2) is 5.80. The van der Waals surface area contributed by atoms with E-state index in [9.17, 15) is 10.2 Å². The molecule has 110 valence electrons. The maximum Gasteiger partial charge on any atom is 0.115 e. The van der Waals surface area contributed by atoms with Crippen LogP contribution in [0, 0.1) is 0 Å². The predicted octanol–water partition coefficient (Wildman–Crippen LogP) is 4.71. The zero-order valence-corrected chi connectivity index (χ0v) is 12.4. The highest BCUT2D eigenvalue weighted by molar-refractivity contribution is 5.41. The third kappa shape index (κ3) is 2.76. The molecule has 0 saturated carbocycles. The molecule has 0 radical (unpaired) electrons. The molecule has 0 bridgehead atoms. The SMILES string of the molecule is CCC1c2ccc(O)cc2CCCC1c1ccc(O)cc1. The topological polar surface area (TPSA) is 40.5 Å². The van der Waals surface area contributed by atoms with E-state index in [1.54, 1.807) is 18.2 Å². The van der Waals surface area contributed by atoms with Crippen LogP contribution in [-0.2, 0) is 6.42 Å². The molecule has 0 saturated heterocycles. The van der Waals surface area contributed by atoms with Gasteiger partial charge in [-0.15, -0.1) is 0 Å². The van der Waals surface area contributed by atoms with Gasteiger partial charge in [0, 0.05) is 0 Å². The van der Waals surface area contributed by atoms with E-state index in [0.717, 1.165) is 25.7 Å². The van der Waals surface area contributed by atoms with Gasteiger partial charge in [0.25, 0.3) is 0 Å². The maximum absolute atomic E-state index is 9.72. The fourth-order valence-electron chi connectivity index (χ4n) is 3.73. The van der Waals surface area contributed by atoms with Crippen molar-refractivity contribution in [3.63, 3.8) is 0 Å². The van der Waals surface area contributed by atoms with E-state index in [1.807, 2.05) is 18.2 Å². The van der Waals surface area contributed by atoms with Crippen LogP contribution in [0.4, 0.5) is 0 Å². The van der Waals surface area contributed by atoms with Crippen LogP contribution in [0.25, 0.3) is 0 Å². The quantitative estimate of drug-likeness (QED) is 0.783. The van der Waals surface area contributed by atoms with E-state index < -0.39 is 0 Å². The Bertz CT molecular complexity index is 616. The van der Waals surface area contributed by atoms with Crippen LogP contribution in [0.3, 0.4) is 0 Å². The maximum atomic E-state index is 9.72. The average molecular weight is 282 g/mol. The Morgan fingerprint density at radius 2 is 1.71 bits per heavy atom. The summed E-state index contributed by atoms with van der Waals surface area (Å²) in [5.41, 5.74) is 3.98. The van der Waals surface area contributed by atoms with Gasteiger partial charge in [-0.25, -0.2) is 0 Å². The van der Waals surface area contributed by atoms with Gasteiger partial charge < -0.3 is 10.2 Å². The number of benzene rings is 2. The fourth-order valence-corrected chi connectivity index (χ4v) is 3.73. The first-order chi connectivity index (χ1) is 10.2. The molecular formula is C19H22O2. The van der Waals surface area contributed by atoms with Gasteiger partial charge in [-0.1, -0.05) is 25.1 Å². The first-order valence-corrected chi connectivity index (χ1v) is 7.79. The average Bonchev–Trinajstić information content (AvgIpc) is 2.66. The van der Waals surface area contributed by atoms with Gasteiger partial charge in [0.15, 0.2) is 0 Å². The summed E-state index contributed by atoms with van der Waals surface area (Å²) in [4.78, 5) is 0. The zero-order valence-electron chi connectivity index (χ0n) is 12.4. The molecule has 21 heavy (non-hydrogen) atoms. The fraction of sp³-hybridized carbons (Fsp3) is 0.368. The lowest BCUT2D eigenvalue weighted by molar-refractivity contribution is 0.470. The van der Waals surface area contributed by atoms with Gasteiger partial charge >= 0.3 is 0 Å². The molecule has 1 aliphatic rings. The van der Waals surface area contributed by atoms with Crippen molar-refractivity contribution in [3.05, 3.63) is 59.2 Å². The standard InChI is InChI=1S/C19H22O2/c1-2-17-18(13-6-8-15(20)9-7-13)5-3-4-14-12-16(21)10-11-19(14)17/h6-12,17-18,20-21H,2-5H2,1H3. The number of phenols is 2. The lowest BCUT2D eigenvalue weighted by Gasteiger charge is -2.26. The summed E-state index contributed by atoms with van der Waals surface area (Å²) in [7, 11) is 0. The van der Waals surface area contributed by atoms with Crippen molar-refractivity contribution in [1.82, 2.24) is 0 Å². The summed E-state index contributed by atoms with van der Waals surface area (Å²) < 4.78 is 0. The van der Waals surface area contributed by atoms with Crippen LogP contribution in [-0.4, -0.2) is 10.2 Å².